The van der Waals surface area contributed by atoms with Crippen molar-refractivity contribution in [3.8, 4) is 0 Å². The number of nitrogens with zero attached hydrogens (tertiary/aromatic N) is 3. The number of rotatable bonds is 5. The third-order valence-electron chi connectivity index (χ3n) is 4.92. The molecule has 1 saturated heterocycles. The van der Waals surface area contributed by atoms with Crippen molar-refractivity contribution < 1.29 is 8.91 Å². The maximum absolute atomic E-state index is 12.9. The molecule has 1 aliphatic carbocycles. The van der Waals surface area contributed by atoms with E-state index < -0.39 is 0 Å². The Morgan fingerprint density at radius 3 is 2.52 bits per heavy atom. The fourth-order valence-electron chi connectivity index (χ4n) is 3.30. The predicted octanol–water partition coefficient (Wildman–Crippen LogP) is 3.54. The van der Waals surface area contributed by atoms with E-state index in [4.69, 9.17) is 4.52 Å². The quantitative estimate of drug-likeness (QED) is 0.846. The Bertz CT molecular complexity index is 643. The lowest BCUT2D eigenvalue weighted by atomic mass is 9.93. The topological polar surface area (TPSA) is 42.2 Å². The lowest BCUT2D eigenvalue weighted by molar-refractivity contribution is 0.171. The first-order valence-electron chi connectivity index (χ1n) is 8.55. The summed E-state index contributed by atoms with van der Waals surface area (Å²) in [6, 6.07) is 6.82. The maximum Gasteiger partial charge on any atom is 0.226 e. The molecule has 1 aromatic heterocycles. The Labute approximate surface area is 135 Å². The molecule has 1 aliphatic heterocycles. The highest BCUT2D eigenvalue weighted by molar-refractivity contribution is 5.16. The van der Waals surface area contributed by atoms with Crippen molar-refractivity contribution in [2.24, 2.45) is 5.92 Å². The molecule has 2 fully saturated rings. The van der Waals surface area contributed by atoms with E-state index in [1.54, 1.807) is 0 Å². The van der Waals surface area contributed by atoms with E-state index in [1.165, 1.54) is 30.5 Å². The molecule has 23 heavy (non-hydrogen) atoms. The third-order valence-corrected chi connectivity index (χ3v) is 4.92. The Balaban J connectivity index is 1.26. The number of hydrogen-bond donors (Lipinski definition) is 0. The fourth-order valence-corrected chi connectivity index (χ4v) is 3.30. The third kappa shape index (κ3) is 3.78. The van der Waals surface area contributed by atoms with Crippen LogP contribution >= 0.6 is 0 Å². The van der Waals surface area contributed by atoms with Crippen LogP contribution in [0.3, 0.4) is 0 Å². The largest absolute Gasteiger partial charge is 0.339 e. The summed E-state index contributed by atoms with van der Waals surface area (Å²) in [6.07, 6.45) is 5.64. The van der Waals surface area contributed by atoms with Gasteiger partial charge in [-0.1, -0.05) is 17.3 Å². The molecule has 0 radical (unpaired) electrons. The summed E-state index contributed by atoms with van der Waals surface area (Å²) in [7, 11) is 0. The van der Waals surface area contributed by atoms with Crippen LogP contribution in [0, 0.1) is 11.7 Å². The van der Waals surface area contributed by atoms with Crippen LogP contribution in [0.1, 0.15) is 48.9 Å². The van der Waals surface area contributed by atoms with Crippen molar-refractivity contribution in [2.45, 2.75) is 44.6 Å². The molecule has 0 N–H and O–H groups in total. The molecule has 122 valence electrons. The van der Waals surface area contributed by atoms with E-state index in [1.807, 2.05) is 12.1 Å². The van der Waals surface area contributed by atoms with Gasteiger partial charge < -0.3 is 4.52 Å². The Hall–Kier alpha value is -1.75. The lowest BCUT2D eigenvalue weighted by Gasteiger charge is -2.31. The van der Waals surface area contributed by atoms with E-state index >= 15 is 0 Å². The van der Waals surface area contributed by atoms with E-state index in [0.717, 1.165) is 50.6 Å². The number of benzene rings is 1. The first-order valence-corrected chi connectivity index (χ1v) is 8.55. The molecule has 2 heterocycles. The van der Waals surface area contributed by atoms with Gasteiger partial charge in [-0.3, -0.25) is 4.90 Å². The standard InChI is InChI=1S/C18H22FN3O/c19-16-5-1-14(2-6-16)12-22-9-7-13(8-10-22)11-17-20-18(21-23-17)15-3-4-15/h1-2,5-6,13,15H,3-4,7-12H2. The highest BCUT2D eigenvalue weighted by Gasteiger charge is 2.29. The van der Waals surface area contributed by atoms with Crippen LogP contribution in [0.5, 0.6) is 0 Å². The van der Waals surface area contributed by atoms with Crippen molar-refractivity contribution in [1.29, 1.82) is 0 Å². The van der Waals surface area contributed by atoms with Gasteiger partial charge in [0.2, 0.25) is 5.89 Å². The molecule has 4 rings (SSSR count). The van der Waals surface area contributed by atoms with Gasteiger partial charge in [0, 0.05) is 18.9 Å². The second-order valence-corrected chi connectivity index (χ2v) is 6.87. The summed E-state index contributed by atoms with van der Waals surface area (Å²) >= 11 is 0. The van der Waals surface area contributed by atoms with E-state index in [0.29, 0.717) is 11.8 Å². The summed E-state index contributed by atoms with van der Waals surface area (Å²) in [6.45, 7) is 3.05. The number of aromatic nitrogens is 2. The average Bonchev–Trinajstić information content (AvgIpc) is 3.32. The Morgan fingerprint density at radius 2 is 1.83 bits per heavy atom. The van der Waals surface area contributed by atoms with E-state index in [-0.39, 0.29) is 5.82 Å². The van der Waals surface area contributed by atoms with Crippen LogP contribution in [0.25, 0.3) is 0 Å². The van der Waals surface area contributed by atoms with Gasteiger partial charge in [0.25, 0.3) is 0 Å². The second kappa shape index (κ2) is 6.40. The van der Waals surface area contributed by atoms with Crippen LogP contribution in [0.4, 0.5) is 4.39 Å². The van der Waals surface area contributed by atoms with Crippen LogP contribution in [0.15, 0.2) is 28.8 Å². The number of hydrogen-bond acceptors (Lipinski definition) is 4. The van der Waals surface area contributed by atoms with E-state index in [2.05, 4.69) is 15.0 Å². The minimum Gasteiger partial charge on any atom is -0.339 e. The SMILES string of the molecule is Fc1ccc(CN2CCC(Cc3nc(C4CC4)no3)CC2)cc1. The van der Waals surface area contributed by atoms with Crippen molar-refractivity contribution in [2.75, 3.05) is 13.1 Å². The molecule has 1 saturated carbocycles. The highest BCUT2D eigenvalue weighted by Crippen LogP contribution is 2.38. The molecule has 0 spiro atoms. The monoisotopic (exact) mass is 315 g/mol. The van der Waals surface area contributed by atoms with Gasteiger partial charge in [0.15, 0.2) is 5.82 Å². The molecule has 2 aromatic rings. The minimum atomic E-state index is -0.169. The van der Waals surface area contributed by atoms with Crippen molar-refractivity contribution in [3.05, 3.63) is 47.4 Å². The molecule has 4 nitrogen and oxygen atoms in total. The van der Waals surface area contributed by atoms with Crippen molar-refractivity contribution >= 4 is 0 Å². The minimum absolute atomic E-state index is 0.169. The van der Waals surface area contributed by atoms with Gasteiger partial charge in [-0.2, -0.15) is 4.98 Å². The molecule has 0 atom stereocenters. The van der Waals surface area contributed by atoms with Crippen LogP contribution in [-0.2, 0) is 13.0 Å². The smallest absolute Gasteiger partial charge is 0.226 e. The Kier molecular flexibility index (Phi) is 4.12. The van der Waals surface area contributed by atoms with Gasteiger partial charge in [0.1, 0.15) is 5.82 Å². The van der Waals surface area contributed by atoms with Gasteiger partial charge >= 0.3 is 0 Å². The van der Waals surface area contributed by atoms with Crippen LogP contribution in [-0.4, -0.2) is 28.1 Å². The molecule has 0 amide bonds. The summed E-state index contributed by atoms with van der Waals surface area (Å²) in [5, 5.41) is 4.09. The van der Waals surface area contributed by atoms with Crippen molar-refractivity contribution in [1.82, 2.24) is 15.0 Å². The number of likely N-dealkylation sites (tertiary alicyclic amines) is 1. The van der Waals surface area contributed by atoms with Gasteiger partial charge in [0.05, 0.1) is 0 Å². The molecule has 0 unspecified atom stereocenters. The van der Waals surface area contributed by atoms with E-state index in [9.17, 15) is 4.39 Å². The first kappa shape index (κ1) is 14.8. The fraction of sp³-hybridized carbons (Fsp3) is 0.556. The highest BCUT2D eigenvalue weighted by atomic mass is 19.1. The number of piperidine rings is 1. The van der Waals surface area contributed by atoms with Gasteiger partial charge in [-0.15, -0.1) is 0 Å². The summed E-state index contributed by atoms with van der Waals surface area (Å²) in [5.41, 5.74) is 1.18. The molecular formula is C18H22FN3O. The zero-order chi connectivity index (χ0) is 15.6. The van der Waals surface area contributed by atoms with Crippen LogP contribution in [0.2, 0.25) is 0 Å². The van der Waals surface area contributed by atoms with Crippen LogP contribution < -0.4 is 0 Å². The van der Waals surface area contributed by atoms with Gasteiger partial charge in [-0.25, -0.2) is 4.39 Å². The molecule has 5 heteroatoms. The summed E-state index contributed by atoms with van der Waals surface area (Å²) in [5.74, 6) is 2.74. The van der Waals surface area contributed by atoms with Gasteiger partial charge in [-0.05, 0) is 62.4 Å². The zero-order valence-electron chi connectivity index (χ0n) is 13.2. The predicted molar refractivity (Wildman–Crippen MR) is 84.4 cm³/mol. The molecular weight excluding hydrogens is 293 g/mol. The maximum atomic E-state index is 12.9. The average molecular weight is 315 g/mol. The molecule has 1 aromatic carbocycles. The summed E-state index contributed by atoms with van der Waals surface area (Å²) in [4.78, 5) is 6.97. The first-order chi connectivity index (χ1) is 11.3. The molecule has 0 bridgehead atoms. The summed E-state index contributed by atoms with van der Waals surface area (Å²) < 4.78 is 18.3. The second-order valence-electron chi connectivity index (χ2n) is 6.87. The number of halogens is 1. The Morgan fingerprint density at radius 1 is 1.09 bits per heavy atom. The van der Waals surface area contributed by atoms with Crippen molar-refractivity contribution in [3.63, 3.8) is 0 Å². The molecule has 2 aliphatic rings. The normalized spacial score (nSPS) is 20.0. The lowest BCUT2D eigenvalue weighted by Crippen LogP contribution is -2.33. The zero-order valence-corrected chi connectivity index (χ0v) is 13.2.